The van der Waals surface area contributed by atoms with Crippen molar-refractivity contribution in [2.24, 2.45) is 16.8 Å². The number of likely N-dealkylation sites (tertiary alicyclic amines) is 1. The Hall–Kier alpha value is -0.850. The SMILES string of the molecule is CCNC(=NCCc1ccccn1)N1CC2CCCCC2C1.I. The average Bonchev–Trinajstić information content (AvgIpc) is 2.99. The van der Waals surface area contributed by atoms with Crippen LogP contribution >= 0.6 is 24.0 Å². The largest absolute Gasteiger partial charge is 0.357 e. The van der Waals surface area contributed by atoms with Gasteiger partial charge >= 0.3 is 0 Å². The smallest absolute Gasteiger partial charge is 0.193 e. The van der Waals surface area contributed by atoms with Gasteiger partial charge < -0.3 is 10.2 Å². The van der Waals surface area contributed by atoms with Gasteiger partial charge in [-0.2, -0.15) is 0 Å². The van der Waals surface area contributed by atoms with E-state index >= 15 is 0 Å². The molecular formula is C18H29IN4. The lowest BCUT2D eigenvalue weighted by molar-refractivity contribution is 0.299. The summed E-state index contributed by atoms with van der Waals surface area (Å²) < 4.78 is 0. The van der Waals surface area contributed by atoms with Crippen molar-refractivity contribution in [1.29, 1.82) is 0 Å². The van der Waals surface area contributed by atoms with E-state index in [0.29, 0.717) is 0 Å². The summed E-state index contributed by atoms with van der Waals surface area (Å²) in [6, 6.07) is 6.08. The quantitative estimate of drug-likeness (QED) is 0.455. The third-order valence-corrected chi connectivity index (χ3v) is 4.97. The van der Waals surface area contributed by atoms with E-state index in [2.05, 4.69) is 28.2 Å². The summed E-state index contributed by atoms with van der Waals surface area (Å²) in [5, 5.41) is 3.48. The van der Waals surface area contributed by atoms with E-state index < -0.39 is 0 Å². The first-order valence-electron chi connectivity index (χ1n) is 8.80. The Balaban J connectivity index is 0.00000192. The molecule has 1 N–H and O–H groups in total. The molecule has 128 valence electrons. The second kappa shape index (κ2) is 9.45. The Kier molecular flexibility index (Phi) is 7.59. The first kappa shape index (κ1) is 18.5. The fraction of sp³-hybridized carbons (Fsp3) is 0.667. The van der Waals surface area contributed by atoms with Gasteiger partial charge in [0.1, 0.15) is 0 Å². The van der Waals surface area contributed by atoms with Gasteiger partial charge in [0, 0.05) is 44.5 Å². The molecule has 3 rings (SSSR count). The Morgan fingerprint density at radius 2 is 2.00 bits per heavy atom. The maximum Gasteiger partial charge on any atom is 0.193 e. The van der Waals surface area contributed by atoms with Gasteiger partial charge in [-0.3, -0.25) is 9.98 Å². The number of aliphatic imine (C=N–C) groups is 1. The molecule has 23 heavy (non-hydrogen) atoms. The summed E-state index contributed by atoms with van der Waals surface area (Å²) in [7, 11) is 0. The first-order valence-corrected chi connectivity index (χ1v) is 8.80. The van der Waals surface area contributed by atoms with Crippen molar-refractivity contribution in [2.75, 3.05) is 26.2 Å². The average molecular weight is 428 g/mol. The molecule has 0 aromatic carbocycles. The van der Waals surface area contributed by atoms with Crippen LogP contribution in [0.5, 0.6) is 0 Å². The van der Waals surface area contributed by atoms with E-state index in [1.54, 1.807) is 0 Å². The number of pyridine rings is 1. The molecule has 0 amide bonds. The van der Waals surface area contributed by atoms with E-state index in [9.17, 15) is 0 Å². The molecular weight excluding hydrogens is 399 g/mol. The number of halogens is 1. The van der Waals surface area contributed by atoms with E-state index in [-0.39, 0.29) is 24.0 Å². The predicted octanol–water partition coefficient (Wildman–Crippen LogP) is 3.33. The molecule has 1 saturated heterocycles. The van der Waals surface area contributed by atoms with Gasteiger partial charge in [0.15, 0.2) is 5.96 Å². The van der Waals surface area contributed by atoms with Gasteiger partial charge in [0.25, 0.3) is 0 Å². The monoisotopic (exact) mass is 428 g/mol. The summed E-state index contributed by atoms with van der Waals surface area (Å²) in [6.07, 6.45) is 8.43. The number of nitrogens with one attached hydrogen (secondary N) is 1. The molecule has 0 radical (unpaired) electrons. The zero-order valence-corrected chi connectivity index (χ0v) is 16.4. The first-order chi connectivity index (χ1) is 10.9. The Morgan fingerprint density at radius 3 is 2.61 bits per heavy atom. The van der Waals surface area contributed by atoms with Gasteiger partial charge in [-0.15, -0.1) is 24.0 Å². The van der Waals surface area contributed by atoms with Crippen molar-refractivity contribution in [2.45, 2.75) is 39.0 Å². The summed E-state index contributed by atoms with van der Waals surface area (Å²) in [6.45, 7) is 6.29. The van der Waals surface area contributed by atoms with Gasteiger partial charge in [0.2, 0.25) is 0 Å². The molecule has 4 nitrogen and oxygen atoms in total. The molecule has 5 heteroatoms. The van der Waals surface area contributed by atoms with Crippen molar-refractivity contribution in [3.8, 4) is 0 Å². The second-order valence-electron chi connectivity index (χ2n) is 6.52. The van der Waals surface area contributed by atoms with Crippen LogP contribution in [0.2, 0.25) is 0 Å². The molecule has 0 bridgehead atoms. The number of nitrogens with zero attached hydrogens (tertiary/aromatic N) is 3. The number of rotatable bonds is 4. The summed E-state index contributed by atoms with van der Waals surface area (Å²) in [4.78, 5) is 11.7. The molecule has 0 spiro atoms. The molecule has 2 atom stereocenters. The maximum atomic E-state index is 4.84. The lowest BCUT2D eigenvalue weighted by atomic mass is 9.82. The van der Waals surface area contributed by atoms with Crippen LogP contribution in [0.1, 0.15) is 38.3 Å². The van der Waals surface area contributed by atoms with Crippen molar-refractivity contribution in [3.63, 3.8) is 0 Å². The molecule has 2 heterocycles. The van der Waals surface area contributed by atoms with Crippen LogP contribution in [-0.2, 0) is 6.42 Å². The van der Waals surface area contributed by atoms with E-state index in [1.165, 1.54) is 38.8 Å². The molecule has 1 aliphatic carbocycles. The minimum atomic E-state index is 0. The number of guanidine groups is 1. The topological polar surface area (TPSA) is 40.5 Å². The van der Waals surface area contributed by atoms with Gasteiger partial charge in [-0.1, -0.05) is 18.9 Å². The highest BCUT2D eigenvalue weighted by molar-refractivity contribution is 14.0. The Bertz CT molecular complexity index is 477. The zero-order valence-electron chi connectivity index (χ0n) is 14.1. The summed E-state index contributed by atoms with van der Waals surface area (Å²) in [5.41, 5.74) is 1.12. The van der Waals surface area contributed by atoms with E-state index in [0.717, 1.165) is 43.0 Å². The predicted molar refractivity (Wildman–Crippen MR) is 106 cm³/mol. The number of hydrogen-bond donors (Lipinski definition) is 1. The minimum Gasteiger partial charge on any atom is -0.357 e. The third kappa shape index (κ3) is 5.06. The van der Waals surface area contributed by atoms with Crippen LogP contribution in [0.15, 0.2) is 29.4 Å². The number of aromatic nitrogens is 1. The van der Waals surface area contributed by atoms with Crippen molar-refractivity contribution < 1.29 is 0 Å². The summed E-state index contributed by atoms with van der Waals surface area (Å²) in [5.74, 6) is 2.90. The molecule has 2 unspecified atom stereocenters. The zero-order chi connectivity index (χ0) is 15.2. The standard InChI is InChI=1S/C18H28N4.HI/c1-2-19-18(21-12-10-17-9-5-6-11-20-17)22-13-15-7-3-4-8-16(15)14-22;/h5-6,9,11,15-16H,2-4,7-8,10,12-14H2,1H3,(H,19,21);1H. The molecule has 1 aromatic heterocycles. The summed E-state index contributed by atoms with van der Waals surface area (Å²) >= 11 is 0. The Labute approximate surface area is 157 Å². The molecule has 1 aromatic rings. The van der Waals surface area contributed by atoms with Gasteiger partial charge in [-0.05, 0) is 43.7 Å². The van der Waals surface area contributed by atoms with E-state index in [1.807, 2.05) is 18.3 Å². The molecule has 1 saturated carbocycles. The van der Waals surface area contributed by atoms with Crippen LogP contribution < -0.4 is 5.32 Å². The van der Waals surface area contributed by atoms with E-state index in [4.69, 9.17) is 4.99 Å². The highest BCUT2D eigenvalue weighted by Gasteiger charge is 2.35. The van der Waals surface area contributed by atoms with Crippen LogP contribution in [0, 0.1) is 11.8 Å². The molecule has 1 aliphatic heterocycles. The van der Waals surface area contributed by atoms with Gasteiger partial charge in [0.05, 0.1) is 0 Å². The third-order valence-electron chi connectivity index (χ3n) is 4.97. The van der Waals surface area contributed by atoms with Crippen LogP contribution in [0.4, 0.5) is 0 Å². The highest BCUT2D eigenvalue weighted by Crippen LogP contribution is 2.35. The van der Waals surface area contributed by atoms with Crippen molar-refractivity contribution in [3.05, 3.63) is 30.1 Å². The lowest BCUT2D eigenvalue weighted by Crippen LogP contribution is -2.40. The van der Waals surface area contributed by atoms with Crippen LogP contribution in [0.25, 0.3) is 0 Å². The van der Waals surface area contributed by atoms with Crippen LogP contribution in [0.3, 0.4) is 0 Å². The minimum absolute atomic E-state index is 0. The number of hydrogen-bond acceptors (Lipinski definition) is 2. The maximum absolute atomic E-state index is 4.84. The highest BCUT2D eigenvalue weighted by atomic mass is 127. The second-order valence-corrected chi connectivity index (χ2v) is 6.52. The lowest BCUT2D eigenvalue weighted by Gasteiger charge is -2.22. The van der Waals surface area contributed by atoms with Crippen molar-refractivity contribution in [1.82, 2.24) is 15.2 Å². The van der Waals surface area contributed by atoms with Gasteiger partial charge in [-0.25, -0.2) is 0 Å². The van der Waals surface area contributed by atoms with Crippen LogP contribution in [-0.4, -0.2) is 42.0 Å². The molecule has 2 fully saturated rings. The fourth-order valence-electron chi connectivity index (χ4n) is 3.83. The van der Waals surface area contributed by atoms with Crippen molar-refractivity contribution >= 4 is 29.9 Å². The fourth-order valence-corrected chi connectivity index (χ4v) is 3.83. The molecule has 2 aliphatic rings. The number of fused-ring (bicyclic) bond motifs is 1. The normalized spacial score (nSPS) is 24.0. The Morgan fingerprint density at radius 1 is 1.26 bits per heavy atom.